The topological polar surface area (TPSA) is 84.9 Å². The summed E-state index contributed by atoms with van der Waals surface area (Å²) in [5, 5.41) is 14.6. The van der Waals surface area contributed by atoms with Crippen LogP contribution in [-0.4, -0.2) is 79.3 Å². The molecule has 0 aromatic heterocycles. The van der Waals surface area contributed by atoms with Crippen LogP contribution in [0, 0.1) is 5.92 Å². The van der Waals surface area contributed by atoms with E-state index >= 15 is 0 Å². The number of carboxylic acids is 1. The summed E-state index contributed by atoms with van der Waals surface area (Å²) < 4.78 is 0. The van der Waals surface area contributed by atoms with E-state index in [1.807, 2.05) is 0 Å². The van der Waals surface area contributed by atoms with Crippen LogP contribution in [0.15, 0.2) is 12.2 Å². The fraction of sp³-hybridized carbons (Fsp3) is 0.714. The van der Waals surface area contributed by atoms with Crippen molar-refractivity contribution in [2.24, 2.45) is 5.92 Å². The van der Waals surface area contributed by atoms with Crippen molar-refractivity contribution in [1.29, 1.82) is 0 Å². The summed E-state index contributed by atoms with van der Waals surface area (Å²) >= 11 is 0. The van der Waals surface area contributed by atoms with Crippen LogP contribution < -0.4 is 10.6 Å². The second-order valence-corrected chi connectivity index (χ2v) is 5.92. The third kappa shape index (κ3) is 4.44. The van der Waals surface area contributed by atoms with Gasteiger partial charge in [-0.15, -0.1) is 0 Å². The van der Waals surface area contributed by atoms with Gasteiger partial charge < -0.3 is 20.6 Å². The molecule has 1 aliphatic heterocycles. The second kappa shape index (κ2) is 6.91. The Hall–Kier alpha value is -1.60. The van der Waals surface area contributed by atoms with Crippen LogP contribution in [0.5, 0.6) is 0 Å². The summed E-state index contributed by atoms with van der Waals surface area (Å²) in [4.78, 5) is 27.2. The Balaban J connectivity index is 1.71. The molecule has 3 unspecified atom stereocenters. The highest BCUT2D eigenvalue weighted by Crippen LogP contribution is 2.17. The highest BCUT2D eigenvalue weighted by molar-refractivity contribution is 5.76. The van der Waals surface area contributed by atoms with Crippen LogP contribution in [-0.2, 0) is 4.79 Å². The van der Waals surface area contributed by atoms with Crippen molar-refractivity contribution in [3.63, 3.8) is 0 Å². The Morgan fingerprint density at radius 3 is 2.71 bits per heavy atom. The lowest BCUT2D eigenvalue weighted by Crippen LogP contribution is -2.55. The Morgan fingerprint density at radius 1 is 1.29 bits per heavy atom. The van der Waals surface area contributed by atoms with Gasteiger partial charge in [0.15, 0.2) is 0 Å². The van der Waals surface area contributed by atoms with Gasteiger partial charge in [0, 0.05) is 32.2 Å². The van der Waals surface area contributed by atoms with Gasteiger partial charge in [0.1, 0.15) is 0 Å². The summed E-state index contributed by atoms with van der Waals surface area (Å²) in [6, 6.07) is -0.129. The van der Waals surface area contributed by atoms with Gasteiger partial charge in [0.05, 0.1) is 12.0 Å². The smallest absolute Gasteiger partial charge is 0.315 e. The van der Waals surface area contributed by atoms with E-state index < -0.39 is 11.9 Å². The van der Waals surface area contributed by atoms with Gasteiger partial charge in [-0.2, -0.15) is 0 Å². The normalized spacial score (nSPS) is 30.3. The van der Waals surface area contributed by atoms with Crippen LogP contribution in [0.4, 0.5) is 4.79 Å². The highest BCUT2D eigenvalue weighted by atomic mass is 16.4. The van der Waals surface area contributed by atoms with Gasteiger partial charge in [-0.05, 0) is 20.5 Å². The molecular formula is C14H24N4O3. The number of likely N-dealkylation sites (N-methyl/N-ethyl adjacent to an activating group) is 2. The average Bonchev–Trinajstić information content (AvgIpc) is 2.88. The monoisotopic (exact) mass is 296 g/mol. The molecule has 2 rings (SSSR count). The zero-order chi connectivity index (χ0) is 15.4. The summed E-state index contributed by atoms with van der Waals surface area (Å²) in [7, 11) is 4.14. The number of piperazine rings is 1. The number of carbonyl (C=O) groups excluding carboxylic acids is 1. The quantitative estimate of drug-likeness (QED) is 0.613. The maximum Gasteiger partial charge on any atom is 0.315 e. The lowest BCUT2D eigenvalue weighted by molar-refractivity contribution is -0.140. The van der Waals surface area contributed by atoms with E-state index in [9.17, 15) is 9.59 Å². The summed E-state index contributed by atoms with van der Waals surface area (Å²) in [6.07, 6.45) is 3.81. The summed E-state index contributed by atoms with van der Waals surface area (Å²) in [6.45, 7) is 3.56. The minimum absolute atomic E-state index is 0.196. The van der Waals surface area contributed by atoms with Crippen molar-refractivity contribution in [2.45, 2.75) is 18.5 Å². The number of hydrogen-bond donors (Lipinski definition) is 3. The Morgan fingerprint density at radius 2 is 2.05 bits per heavy atom. The molecule has 21 heavy (non-hydrogen) atoms. The van der Waals surface area contributed by atoms with Gasteiger partial charge in [-0.1, -0.05) is 12.2 Å². The van der Waals surface area contributed by atoms with Crippen LogP contribution >= 0.6 is 0 Å². The number of amides is 2. The van der Waals surface area contributed by atoms with Crippen molar-refractivity contribution in [2.75, 3.05) is 40.3 Å². The first kappa shape index (κ1) is 15.8. The Kier molecular flexibility index (Phi) is 5.19. The molecule has 1 aliphatic carbocycles. The molecule has 0 aromatic carbocycles. The number of nitrogens with zero attached hydrogens (tertiary/aromatic N) is 2. The molecule has 2 aliphatic rings. The summed E-state index contributed by atoms with van der Waals surface area (Å²) in [5.74, 6) is -1.34. The average molecular weight is 296 g/mol. The number of carbonyl (C=O) groups is 2. The number of rotatable bonds is 4. The second-order valence-electron chi connectivity index (χ2n) is 5.92. The maximum absolute atomic E-state index is 11.9. The SMILES string of the molecule is CN1CCN(C)C(CNC(=O)NC2C=CC(C(=O)O)C2)C1. The molecule has 3 atom stereocenters. The third-order valence-electron chi connectivity index (χ3n) is 4.20. The molecule has 7 nitrogen and oxygen atoms in total. The van der Waals surface area contributed by atoms with Crippen molar-refractivity contribution in [1.82, 2.24) is 20.4 Å². The fourth-order valence-corrected chi connectivity index (χ4v) is 2.74. The molecule has 0 bridgehead atoms. The van der Waals surface area contributed by atoms with E-state index in [2.05, 4.69) is 34.5 Å². The summed E-state index contributed by atoms with van der Waals surface area (Å²) in [5.41, 5.74) is 0. The maximum atomic E-state index is 11.9. The molecule has 2 amide bonds. The predicted octanol–water partition coefficient (Wildman–Crippen LogP) is -0.439. The molecule has 118 valence electrons. The van der Waals surface area contributed by atoms with Gasteiger partial charge >= 0.3 is 12.0 Å². The molecular weight excluding hydrogens is 272 g/mol. The Bertz CT molecular complexity index is 426. The zero-order valence-electron chi connectivity index (χ0n) is 12.6. The molecule has 0 aromatic rings. The fourth-order valence-electron chi connectivity index (χ4n) is 2.74. The van der Waals surface area contributed by atoms with E-state index in [4.69, 9.17) is 5.11 Å². The lowest BCUT2D eigenvalue weighted by Gasteiger charge is -2.37. The van der Waals surface area contributed by atoms with Crippen LogP contribution in [0.3, 0.4) is 0 Å². The highest BCUT2D eigenvalue weighted by Gasteiger charge is 2.26. The molecule has 1 heterocycles. The van der Waals surface area contributed by atoms with Crippen LogP contribution in [0.1, 0.15) is 6.42 Å². The van der Waals surface area contributed by atoms with E-state index in [1.54, 1.807) is 12.2 Å². The van der Waals surface area contributed by atoms with E-state index in [0.717, 1.165) is 19.6 Å². The predicted molar refractivity (Wildman–Crippen MR) is 79.1 cm³/mol. The largest absolute Gasteiger partial charge is 0.481 e. The lowest BCUT2D eigenvalue weighted by atomic mass is 10.1. The van der Waals surface area contributed by atoms with Crippen molar-refractivity contribution < 1.29 is 14.7 Å². The Labute approximate surface area is 125 Å². The third-order valence-corrected chi connectivity index (χ3v) is 4.20. The van der Waals surface area contributed by atoms with Crippen molar-refractivity contribution in [3.05, 3.63) is 12.2 Å². The van der Waals surface area contributed by atoms with E-state index in [1.165, 1.54) is 0 Å². The van der Waals surface area contributed by atoms with Gasteiger partial charge in [-0.3, -0.25) is 9.69 Å². The molecule has 7 heteroatoms. The standard InChI is InChI=1S/C14H24N4O3/c1-17-5-6-18(2)12(9-17)8-15-14(21)16-11-4-3-10(7-11)13(19)20/h3-4,10-12H,5-9H2,1-2H3,(H,19,20)(H2,15,16,21). The van der Waals surface area contributed by atoms with Crippen molar-refractivity contribution in [3.8, 4) is 0 Å². The van der Waals surface area contributed by atoms with Gasteiger partial charge in [0.2, 0.25) is 0 Å². The first-order valence-electron chi connectivity index (χ1n) is 7.30. The van der Waals surface area contributed by atoms with Crippen LogP contribution in [0.2, 0.25) is 0 Å². The molecule has 1 saturated heterocycles. The number of carboxylic acid groups (broad SMARTS) is 1. The molecule has 0 spiro atoms. The number of aliphatic carboxylic acids is 1. The molecule has 3 N–H and O–H groups in total. The number of hydrogen-bond acceptors (Lipinski definition) is 4. The number of nitrogens with one attached hydrogen (secondary N) is 2. The molecule has 1 fully saturated rings. The van der Waals surface area contributed by atoms with Gasteiger partial charge in [-0.25, -0.2) is 4.79 Å². The van der Waals surface area contributed by atoms with E-state index in [-0.39, 0.29) is 12.1 Å². The van der Waals surface area contributed by atoms with Crippen molar-refractivity contribution >= 4 is 12.0 Å². The first-order valence-corrected chi connectivity index (χ1v) is 7.30. The first-order chi connectivity index (χ1) is 9.95. The zero-order valence-corrected chi connectivity index (χ0v) is 12.6. The minimum atomic E-state index is -0.845. The number of urea groups is 1. The minimum Gasteiger partial charge on any atom is -0.481 e. The van der Waals surface area contributed by atoms with E-state index in [0.29, 0.717) is 19.0 Å². The molecule has 0 radical (unpaired) electrons. The molecule has 0 saturated carbocycles. The van der Waals surface area contributed by atoms with Crippen LogP contribution in [0.25, 0.3) is 0 Å². The van der Waals surface area contributed by atoms with Gasteiger partial charge in [0.25, 0.3) is 0 Å².